The highest BCUT2D eigenvalue weighted by atomic mass is 32.2. The third-order valence-electron chi connectivity index (χ3n) is 3.15. The van der Waals surface area contributed by atoms with Crippen LogP contribution in [0.15, 0.2) is 41.4 Å². The van der Waals surface area contributed by atoms with Crippen LogP contribution >= 0.6 is 23.1 Å². The number of nitrogens with one attached hydrogen (secondary N) is 1. The fourth-order valence-corrected chi connectivity index (χ4v) is 3.26. The van der Waals surface area contributed by atoms with Crippen LogP contribution in [0.4, 0.5) is 5.13 Å². The Hall–Kier alpha value is -2.52. The zero-order valence-electron chi connectivity index (χ0n) is 13.6. The SMILES string of the molecule is COc1ccccc1-c1ccc(SCC(=O)Nc2nnc(C)s2)nn1. The number of thioether (sulfide) groups is 1. The third kappa shape index (κ3) is 4.52. The Morgan fingerprint density at radius 2 is 2.00 bits per heavy atom. The quantitative estimate of drug-likeness (QED) is 0.664. The van der Waals surface area contributed by atoms with Crippen molar-refractivity contribution in [3.63, 3.8) is 0 Å². The second-order valence-corrected chi connectivity index (χ2v) is 7.10. The minimum atomic E-state index is -0.156. The fourth-order valence-electron chi connectivity index (χ4n) is 2.04. The van der Waals surface area contributed by atoms with Gasteiger partial charge in [0.05, 0.1) is 18.6 Å². The monoisotopic (exact) mass is 373 g/mol. The lowest BCUT2D eigenvalue weighted by molar-refractivity contribution is -0.113. The van der Waals surface area contributed by atoms with Gasteiger partial charge in [-0.25, -0.2) is 0 Å². The summed E-state index contributed by atoms with van der Waals surface area (Å²) in [6.45, 7) is 1.83. The van der Waals surface area contributed by atoms with Crippen molar-refractivity contribution in [1.29, 1.82) is 0 Å². The standard InChI is InChI=1S/C16H15N5O2S2/c1-10-18-21-16(25-10)17-14(22)9-24-15-8-7-12(19-20-15)11-5-3-4-6-13(11)23-2/h3-8H,9H2,1-2H3,(H,17,21,22). The molecule has 0 fully saturated rings. The van der Waals surface area contributed by atoms with Gasteiger partial charge in [-0.15, -0.1) is 20.4 Å². The number of para-hydroxylation sites is 1. The summed E-state index contributed by atoms with van der Waals surface area (Å²) in [5, 5.41) is 20.8. The van der Waals surface area contributed by atoms with Crippen molar-refractivity contribution in [3.05, 3.63) is 41.4 Å². The molecule has 0 atom stereocenters. The van der Waals surface area contributed by atoms with E-state index in [0.717, 1.165) is 22.0 Å². The first kappa shape index (κ1) is 17.3. The van der Waals surface area contributed by atoms with Crippen molar-refractivity contribution in [1.82, 2.24) is 20.4 Å². The number of aryl methyl sites for hydroxylation is 1. The van der Waals surface area contributed by atoms with Crippen molar-refractivity contribution >= 4 is 34.1 Å². The molecule has 0 spiro atoms. The first-order valence-corrected chi connectivity index (χ1v) is 9.16. The third-order valence-corrected chi connectivity index (χ3v) is 4.82. The van der Waals surface area contributed by atoms with E-state index in [2.05, 4.69) is 25.7 Å². The molecule has 7 nitrogen and oxygen atoms in total. The maximum absolute atomic E-state index is 11.9. The molecule has 0 aliphatic heterocycles. The van der Waals surface area contributed by atoms with E-state index in [1.54, 1.807) is 7.11 Å². The van der Waals surface area contributed by atoms with Gasteiger partial charge in [-0.1, -0.05) is 35.2 Å². The zero-order chi connectivity index (χ0) is 17.6. The predicted octanol–water partition coefficient (Wildman–Crippen LogP) is 3.04. The average Bonchev–Trinajstić information content (AvgIpc) is 3.05. The summed E-state index contributed by atoms with van der Waals surface area (Å²) in [4.78, 5) is 11.9. The number of aromatic nitrogens is 4. The number of nitrogens with zero attached hydrogens (tertiary/aromatic N) is 4. The number of hydrogen-bond acceptors (Lipinski definition) is 8. The lowest BCUT2D eigenvalue weighted by Crippen LogP contribution is -2.14. The minimum absolute atomic E-state index is 0.156. The maximum atomic E-state index is 11.9. The summed E-state index contributed by atoms with van der Waals surface area (Å²) in [6.07, 6.45) is 0. The number of hydrogen-bond donors (Lipinski definition) is 1. The highest BCUT2D eigenvalue weighted by Gasteiger charge is 2.10. The number of carbonyl (C=O) groups excluding carboxylic acids is 1. The first-order valence-electron chi connectivity index (χ1n) is 7.35. The number of carbonyl (C=O) groups is 1. The van der Waals surface area contributed by atoms with E-state index in [9.17, 15) is 4.79 Å². The summed E-state index contributed by atoms with van der Waals surface area (Å²) in [5.41, 5.74) is 1.59. The molecule has 128 valence electrons. The molecule has 0 saturated carbocycles. The predicted molar refractivity (Wildman–Crippen MR) is 98.0 cm³/mol. The molecule has 25 heavy (non-hydrogen) atoms. The summed E-state index contributed by atoms with van der Waals surface area (Å²) >= 11 is 2.65. The van der Waals surface area contributed by atoms with Crippen LogP contribution in [0.25, 0.3) is 11.3 Å². The topological polar surface area (TPSA) is 89.9 Å². The number of ether oxygens (including phenoxy) is 1. The molecule has 3 rings (SSSR count). The van der Waals surface area contributed by atoms with Crippen molar-refractivity contribution in [2.45, 2.75) is 11.9 Å². The summed E-state index contributed by atoms with van der Waals surface area (Å²) < 4.78 is 5.33. The molecule has 0 saturated heterocycles. The van der Waals surface area contributed by atoms with Gasteiger partial charge in [0.2, 0.25) is 11.0 Å². The molecule has 1 N–H and O–H groups in total. The molecular weight excluding hydrogens is 358 g/mol. The Morgan fingerprint density at radius 1 is 1.16 bits per heavy atom. The van der Waals surface area contributed by atoms with Crippen molar-refractivity contribution in [2.75, 3.05) is 18.2 Å². The summed E-state index contributed by atoms with van der Waals surface area (Å²) in [6, 6.07) is 11.3. The van der Waals surface area contributed by atoms with E-state index in [4.69, 9.17) is 4.74 Å². The highest BCUT2D eigenvalue weighted by Crippen LogP contribution is 2.28. The van der Waals surface area contributed by atoms with Gasteiger partial charge in [0.15, 0.2) is 0 Å². The molecule has 2 aromatic heterocycles. The van der Waals surface area contributed by atoms with Crippen LogP contribution in [-0.4, -0.2) is 39.2 Å². The Labute approximate surface area is 152 Å². The molecule has 9 heteroatoms. The lowest BCUT2D eigenvalue weighted by Gasteiger charge is -2.07. The van der Waals surface area contributed by atoms with E-state index >= 15 is 0 Å². The van der Waals surface area contributed by atoms with Gasteiger partial charge in [-0.05, 0) is 31.2 Å². The smallest absolute Gasteiger partial charge is 0.236 e. The number of benzene rings is 1. The van der Waals surface area contributed by atoms with Gasteiger partial charge >= 0.3 is 0 Å². The van der Waals surface area contributed by atoms with Crippen LogP contribution in [0.3, 0.4) is 0 Å². The second kappa shape index (κ2) is 8.04. The zero-order valence-corrected chi connectivity index (χ0v) is 15.2. The normalized spacial score (nSPS) is 10.5. The second-order valence-electron chi connectivity index (χ2n) is 4.92. The largest absolute Gasteiger partial charge is 0.496 e. The van der Waals surface area contributed by atoms with Crippen LogP contribution in [0.1, 0.15) is 5.01 Å². The highest BCUT2D eigenvalue weighted by molar-refractivity contribution is 7.99. The molecule has 0 aliphatic carbocycles. The van der Waals surface area contributed by atoms with Crippen molar-refractivity contribution in [3.8, 4) is 17.0 Å². The van der Waals surface area contributed by atoms with Gasteiger partial charge in [0, 0.05) is 5.56 Å². The van der Waals surface area contributed by atoms with E-state index in [1.807, 2.05) is 43.3 Å². The van der Waals surface area contributed by atoms with Crippen molar-refractivity contribution in [2.24, 2.45) is 0 Å². The Morgan fingerprint density at radius 3 is 2.68 bits per heavy atom. The number of rotatable bonds is 6. The summed E-state index contributed by atoms with van der Waals surface area (Å²) in [7, 11) is 1.62. The fraction of sp³-hybridized carbons (Fsp3) is 0.188. The van der Waals surface area contributed by atoms with Crippen LogP contribution in [0, 0.1) is 6.92 Å². The van der Waals surface area contributed by atoms with E-state index in [1.165, 1.54) is 23.1 Å². The molecule has 1 amide bonds. The molecular formula is C16H15N5O2S2. The van der Waals surface area contributed by atoms with Gasteiger partial charge in [-0.3, -0.25) is 10.1 Å². The van der Waals surface area contributed by atoms with Crippen LogP contribution in [-0.2, 0) is 4.79 Å². The number of methoxy groups -OCH3 is 1. The van der Waals surface area contributed by atoms with E-state index in [-0.39, 0.29) is 11.7 Å². The molecule has 3 aromatic rings. The van der Waals surface area contributed by atoms with Gasteiger partial charge < -0.3 is 4.74 Å². The molecule has 2 heterocycles. The first-order chi connectivity index (χ1) is 12.2. The van der Waals surface area contributed by atoms with Crippen LogP contribution in [0.5, 0.6) is 5.75 Å². The average molecular weight is 373 g/mol. The van der Waals surface area contributed by atoms with Gasteiger partial charge in [-0.2, -0.15) is 0 Å². The van der Waals surface area contributed by atoms with Crippen LogP contribution in [0.2, 0.25) is 0 Å². The van der Waals surface area contributed by atoms with Crippen LogP contribution < -0.4 is 10.1 Å². The number of anilines is 1. The molecule has 0 radical (unpaired) electrons. The Kier molecular flexibility index (Phi) is 5.56. The van der Waals surface area contributed by atoms with Gasteiger partial charge in [0.25, 0.3) is 0 Å². The summed E-state index contributed by atoms with van der Waals surface area (Å²) in [5.74, 6) is 0.807. The van der Waals surface area contributed by atoms with Crippen molar-refractivity contribution < 1.29 is 9.53 Å². The molecule has 0 aliphatic rings. The Balaban J connectivity index is 1.60. The Bertz CT molecular complexity index is 867. The lowest BCUT2D eigenvalue weighted by atomic mass is 10.1. The maximum Gasteiger partial charge on any atom is 0.236 e. The molecule has 0 unspecified atom stereocenters. The molecule has 0 bridgehead atoms. The van der Waals surface area contributed by atoms with E-state index < -0.39 is 0 Å². The van der Waals surface area contributed by atoms with E-state index in [0.29, 0.717) is 10.2 Å². The van der Waals surface area contributed by atoms with Gasteiger partial charge in [0.1, 0.15) is 15.8 Å². The molecule has 1 aromatic carbocycles. The number of amides is 1. The minimum Gasteiger partial charge on any atom is -0.496 e.